The van der Waals surface area contributed by atoms with Gasteiger partial charge in [-0.05, 0) is 100.0 Å². The minimum atomic E-state index is 0.998. The smallest absolute Gasteiger partial charge is 0.0691 e. The van der Waals surface area contributed by atoms with Crippen molar-refractivity contribution in [3.05, 3.63) is 93.7 Å². The van der Waals surface area contributed by atoms with Gasteiger partial charge in [0.2, 0.25) is 0 Å². The molecule has 0 aromatic rings. The van der Waals surface area contributed by atoms with Crippen molar-refractivity contribution in [2.24, 2.45) is 20.0 Å². The summed E-state index contributed by atoms with van der Waals surface area (Å²) in [6, 6.07) is 0. The SMILES string of the molecule is CCCCCCC1=C2C=CC(=N2)C(CCCCCC)=C2C=CC(=N2)C(CCCCCC)=C2C=CC(=N2)C(CCCCCC)=C2C=CC1=N2. The van der Waals surface area contributed by atoms with Crippen LogP contribution in [0.2, 0.25) is 0 Å². The van der Waals surface area contributed by atoms with Crippen molar-refractivity contribution < 1.29 is 0 Å². The Bertz CT molecular complexity index is 1310. The molecular formula is C44H60N4. The highest BCUT2D eigenvalue weighted by Crippen LogP contribution is 2.34. The fourth-order valence-corrected chi connectivity index (χ4v) is 7.26. The van der Waals surface area contributed by atoms with Gasteiger partial charge in [0, 0.05) is 22.3 Å². The average molecular weight is 645 g/mol. The first kappa shape index (κ1) is 35.9. The summed E-state index contributed by atoms with van der Waals surface area (Å²) in [5.74, 6) is 0. The van der Waals surface area contributed by atoms with Gasteiger partial charge in [0.05, 0.1) is 45.6 Å². The largest absolute Gasteiger partial charge is 0.248 e. The van der Waals surface area contributed by atoms with E-state index < -0.39 is 0 Å². The van der Waals surface area contributed by atoms with Gasteiger partial charge in [0.25, 0.3) is 0 Å². The molecule has 0 unspecified atom stereocenters. The molecule has 0 radical (unpaired) electrons. The van der Waals surface area contributed by atoms with Gasteiger partial charge < -0.3 is 0 Å². The topological polar surface area (TPSA) is 49.4 Å². The summed E-state index contributed by atoms with van der Waals surface area (Å²) in [4.78, 5) is 21.5. The third-order valence-electron chi connectivity index (χ3n) is 10.2. The molecule has 0 aliphatic carbocycles. The Morgan fingerprint density at radius 1 is 0.292 bits per heavy atom. The molecule has 5 aliphatic heterocycles. The number of aliphatic imine (C=N–C) groups is 4. The Hall–Kier alpha value is -3.40. The Morgan fingerprint density at radius 3 is 0.729 bits per heavy atom. The molecule has 48 heavy (non-hydrogen) atoms. The summed E-state index contributed by atoms with van der Waals surface area (Å²) in [5, 5.41) is 0. The lowest BCUT2D eigenvalue weighted by Gasteiger charge is -2.12. The summed E-state index contributed by atoms with van der Waals surface area (Å²) < 4.78 is 0. The Kier molecular flexibility index (Phi) is 14.2. The van der Waals surface area contributed by atoms with E-state index in [1.807, 2.05) is 0 Å². The van der Waals surface area contributed by atoms with E-state index in [0.29, 0.717) is 0 Å². The second-order valence-corrected chi connectivity index (χ2v) is 14.0. The fraction of sp³-hybridized carbons (Fsp3) is 0.545. The first-order chi connectivity index (χ1) is 23.7. The van der Waals surface area contributed by atoms with Gasteiger partial charge in [0.15, 0.2) is 0 Å². The molecule has 5 rings (SSSR count). The van der Waals surface area contributed by atoms with E-state index in [1.54, 1.807) is 0 Å². The number of fused-ring (bicyclic) bond motifs is 4. The zero-order chi connectivity index (χ0) is 33.6. The molecule has 8 bridgehead atoms. The Morgan fingerprint density at radius 2 is 0.521 bits per heavy atom. The predicted molar refractivity (Wildman–Crippen MR) is 209 cm³/mol. The lowest BCUT2D eigenvalue weighted by molar-refractivity contribution is 0.667. The van der Waals surface area contributed by atoms with Crippen LogP contribution in [0.3, 0.4) is 0 Å². The molecule has 0 amide bonds. The summed E-state index contributed by atoms with van der Waals surface area (Å²) in [7, 11) is 0. The maximum absolute atomic E-state index is 5.38. The van der Waals surface area contributed by atoms with Gasteiger partial charge in [-0.1, -0.05) is 105 Å². The molecule has 0 spiro atoms. The van der Waals surface area contributed by atoms with E-state index in [4.69, 9.17) is 20.0 Å². The number of rotatable bonds is 20. The van der Waals surface area contributed by atoms with Crippen LogP contribution in [0.1, 0.15) is 156 Å². The molecular weight excluding hydrogens is 585 g/mol. The molecule has 4 nitrogen and oxygen atoms in total. The molecule has 4 heteroatoms. The van der Waals surface area contributed by atoms with Crippen LogP contribution in [-0.2, 0) is 0 Å². The van der Waals surface area contributed by atoms with Crippen LogP contribution < -0.4 is 0 Å². The summed E-state index contributed by atoms with van der Waals surface area (Å²) >= 11 is 0. The van der Waals surface area contributed by atoms with Crippen molar-refractivity contribution in [2.75, 3.05) is 0 Å². The Labute approximate surface area is 291 Å². The molecule has 0 fully saturated rings. The molecule has 0 atom stereocenters. The van der Waals surface area contributed by atoms with Crippen LogP contribution in [0.25, 0.3) is 0 Å². The third kappa shape index (κ3) is 9.39. The van der Waals surface area contributed by atoms with E-state index in [1.165, 1.54) is 99.3 Å². The van der Waals surface area contributed by atoms with Gasteiger partial charge in [-0.25, -0.2) is 20.0 Å². The Balaban J connectivity index is 1.64. The van der Waals surface area contributed by atoms with E-state index >= 15 is 0 Å². The maximum atomic E-state index is 5.38. The second kappa shape index (κ2) is 19.0. The zero-order valence-electron chi connectivity index (χ0n) is 30.5. The summed E-state index contributed by atoms with van der Waals surface area (Å²) in [6.45, 7) is 9.13. The third-order valence-corrected chi connectivity index (χ3v) is 10.2. The molecule has 0 aromatic carbocycles. The second-order valence-electron chi connectivity index (χ2n) is 14.0. The number of hydrogen-bond acceptors (Lipinski definition) is 4. The molecule has 0 saturated heterocycles. The van der Waals surface area contributed by atoms with Gasteiger partial charge in [-0.2, -0.15) is 0 Å². The number of unbranched alkanes of at least 4 members (excludes halogenated alkanes) is 12. The fourth-order valence-electron chi connectivity index (χ4n) is 7.26. The van der Waals surface area contributed by atoms with Gasteiger partial charge in [-0.15, -0.1) is 0 Å². The van der Waals surface area contributed by atoms with Gasteiger partial charge >= 0.3 is 0 Å². The maximum Gasteiger partial charge on any atom is 0.0691 e. The van der Waals surface area contributed by atoms with E-state index in [0.717, 1.165) is 97.0 Å². The molecule has 5 heterocycles. The van der Waals surface area contributed by atoms with Crippen LogP contribution in [0, 0.1) is 0 Å². The average Bonchev–Trinajstić information content (AvgIpc) is 3.93. The van der Waals surface area contributed by atoms with Crippen molar-refractivity contribution in [1.82, 2.24) is 0 Å². The lowest BCUT2D eigenvalue weighted by Crippen LogP contribution is -2.05. The van der Waals surface area contributed by atoms with Crippen LogP contribution in [0.15, 0.2) is 114 Å². The molecule has 0 saturated carbocycles. The van der Waals surface area contributed by atoms with Crippen LogP contribution in [0.4, 0.5) is 0 Å². The molecule has 0 aromatic heterocycles. The van der Waals surface area contributed by atoms with Crippen LogP contribution in [-0.4, -0.2) is 22.8 Å². The highest BCUT2D eigenvalue weighted by molar-refractivity contribution is 6.19. The minimum absolute atomic E-state index is 0.998. The lowest BCUT2D eigenvalue weighted by atomic mass is 10.00. The quantitative estimate of drug-likeness (QED) is 0.118. The number of nitrogens with zero attached hydrogens (tertiary/aromatic N) is 4. The minimum Gasteiger partial charge on any atom is -0.248 e. The van der Waals surface area contributed by atoms with Crippen LogP contribution >= 0.6 is 0 Å². The zero-order valence-corrected chi connectivity index (χ0v) is 30.5. The van der Waals surface area contributed by atoms with Crippen molar-refractivity contribution >= 4 is 22.8 Å². The first-order valence-electron chi connectivity index (χ1n) is 19.7. The number of hydrogen-bond donors (Lipinski definition) is 0. The highest BCUT2D eigenvalue weighted by atomic mass is 14.9. The van der Waals surface area contributed by atoms with E-state index in [2.05, 4.69) is 76.3 Å². The van der Waals surface area contributed by atoms with Gasteiger partial charge in [-0.3, -0.25) is 0 Å². The summed E-state index contributed by atoms with van der Waals surface area (Å²) in [6.07, 6.45) is 41.6. The molecule has 256 valence electrons. The summed E-state index contributed by atoms with van der Waals surface area (Å²) in [5.41, 5.74) is 13.8. The van der Waals surface area contributed by atoms with Crippen LogP contribution in [0.5, 0.6) is 0 Å². The monoisotopic (exact) mass is 644 g/mol. The standard InChI is InChI=1S/C44H60N4/c1-5-9-13-17-21-33-37-25-27-39(45-37)34(22-18-14-10-6-2)41-29-31-43(47-41)36(24-20-16-12-8-4)44-32-30-42(48-44)35(23-19-15-11-7-3)40-28-26-38(33)46-40/h25-32H,5-24H2,1-4H3. The van der Waals surface area contributed by atoms with E-state index in [9.17, 15) is 0 Å². The highest BCUT2D eigenvalue weighted by Gasteiger charge is 2.25. The normalized spacial score (nSPS) is 18.2. The molecule has 5 aliphatic rings. The predicted octanol–water partition coefficient (Wildman–Crippen LogP) is 12.9. The van der Waals surface area contributed by atoms with Crippen molar-refractivity contribution in [3.63, 3.8) is 0 Å². The van der Waals surface area contributed by atoms with Crippen molar-refractivity contribution in [2.45, 2.75) is 156 Å². The van der Waals surface area contributed by atoms with Crippen molar-refractivity contribution in [1.29, 1.82) is 0 Å². The van der Waals surface area contributed by atoms with Gasteiger partial charge in [0.1, 0.15) is 0 Å². The van der Waals surface area contributed by atoms with E-state index in [-0.39, 0.29) is 0 Å². The first-order valence-corrected chi connectivity index (χ1v) is 19.7. The molecule has 0 N–H and O–H groups in total. The number of allylic oxidation sites excluding steroid dienone is 12. The van der Waals surface area contributed by atoms with Crippen molar-refractivity contribution in [3.8, 4) is 0 Å².